The van der Waals surface area contributed by atoms with Crippen molar-refractivity contribution in [2.45, 2.75) is 44.2 Å². The summed E-state index contributed by atoms with van der Waals surface area (Å²) in [4.78, 5) is 11.5. The van der Waals surface area contributed by atoms with Crippen LogP contribution < -0.4 is 10.6 Å². The van der Waals surface area contributed by atoms with Gasteiger partial charge in [-0.3, -0.25) is 4.79 Å². The van der Waals surface area contributed by atoms with Gasteiger partial charge in [0, 0.05) is 6.04 Å². The molecule has 0 bridgehead atoms. The summed E-state index contributed by atoms with van der Waals surface area (Å²) in [5.41, 5.74) is 0. The molecule has 0 aromatic carbocycles. The highest BCUT2D eigenvalue weighted by Gasteiger charge is 2.26. The monoisotopic (exact) mass is 204 g/mol. The summed E-state index contributed by atoms with van der Waals surface area (Å²) in [6.07, 6.45) is 5.79. The minimum Gasteiger partial charge on any atom is -0.352 e. The molecular formula is C9H17ClN2O. The van der Waals surface area contributed by atoms with Crippen LogP contribution in [-0.4, -0.2) is 24.5 Å². The van der Waals surface area contributed by atoms with Crippen molar-refractivity contribution in [2.24, 2.45) is 0 Å². The Morgan fingerprint density at radius 3 is 2.46 bits per heavy atom. The smallest absolute Gasteiger partial charge is 0.237 e. The third-order valence-corrected chi connectivity index (χ3v) is 2.83. The number of hydrogen-bond donors (Lipinski definition) is 2. The molecule has 1 atom stereocenters. The van der Waals surface area contributed by atoms with Crippen molar-refractivity contribution in [1.82, 2.24) is 10.6 Å². The maximum atomic E-state index is 11.5. The van der Waals surface area contributed by atoms with Crippen LogP contribution in [-0.2, 0) is 4.79 Å². The first-order valence-electron chi connectivity index (χ1n) is 4.90. The van der Waals surface area contributed by atoms with Crippen LogP contribution in [0.15, 0.2) is 0 Å². The summed E-state index contributed by atoms with van der Waals surface area (Å²) in [6, 6.07) is 0.588. The van der Waals surface area contributed by atoms with Crippen molar-refractivity contribution in [3.8, 4) is 0 Å². The third kappa shape index (κ3) is 2.58. The Balaban J connectivity index is 0.000000845. The number of nitrogens with one attached hydrogen (secondary N) is 2. The van der Waals surface area contributed by atoms with Gasteiger partial charge < -0.3 is 10.6 Å². The Bertz CT molecular complexity index is 176. The quantitative estimate of drug-likeness (QED) is 0.700. The Kier molecular flexibility index (Phi) is 4.00. The molecule has 1 aliphatic heterocycles. The molecule has 3 nitrogen and oxygen atoms in total. The number of halogens is 1. The minimum absolute atomic E-state index is 0. The van der Waals surface area contributed by atoms with Crippen LogP contribution in [0.2, 0.25) is 0 Å². The zero-order chi connectivity index (χ0) is 8.39. The number of carbonyl (C=O) groups excluding carboxylic acids is 1. The van der Waals surface area contributed by atoms with E-state index in [1.54, 1.807) is 0 Å². The minimum atomic E-state index is 0. The Morgan fingerprint density at radius 1 is 1.23 bits per heavy atom. The summed E-state index contributed by atoms with van der Waals surface area (Å²) < 4.78 is 0. The van der Waals surface area contributed by atoms with E-state index in [2.05, 4.69) is 10.6 Å². The first-order valence-corrected chi connectivity index (χ1v) is 4.90. The fourth-order valence-corrected chi connectivity index (χ4v) is 1.76. The van der Waals surface area contributed by atoms with Gasteiger partial charge in [-0.25, -0.2) is 0 Å². The van der Waals surface area contributed by atoms with Crippen molar-refractivity contribution in [2.75, 3.05) is 6.54 Å². The number of carbonyl (C=O) groups is 1. The average Bonchev–Trinajstić information content (AvgIpc) is 2.47. The molecule has 0 radical (unpaired) electrons. The van der Waals surface area contributed by atoms with Crippen LogP contribution in [0.3, 0.4) is 0 Å². The van der Waals surface area contributed by atoms with Gasteiger partial charge in [0.15, 0.2) is 0 Å². The lowest BCUT2D eigenvalue weighted by Gasteiger charge is -2.27. The highest BCUT2D eigenvalue weighted by Crippen LogP contribution is 2.18. The molecule has 4 heteroatoms. The predicted octanol–water partition coefficient (Wildman–Crippen LogP) is 0.829. The molecule has 1 saturated heterocycles. The van der Waals surface area contributed by atoms with Crippen molar-refractivity contribution in [1.29, 1.82) is 0 Å². The van der Waals surface area contributed by atoms with Gasteiger partial charge in [0.1, 0.15) is 0 Å². The SMILES string of the molecule is Cl.O=C(NC1CCC1)C1CCCN1. The van der Waals surface area contributed by atoms with Crippen molar-refractivity contribution in [3.05, 3.63) is 0 Å². The van der Waals surface area contributed by atoms with E-state index in [0.717, 1.165) is 19.4 Å². The molecule has 0 spiro atoms. The van der Waals surface area contributed by atoms with Crippen LogP contribution >= 0.6 is 12.4 Å². The van der Waals surface area contributed by atoms with Gasteiger partial charge in [0.2, 0.25) is 5.91 Å². The lowest BCUT2D eigenvalue weighted by molar-refractivity contribution is -0.124. The van der Waals surface area contributed by atoms with E-state index in [-0.39, 0.29) is 24.4 Å². The van der Waals surface area contributed by atoms with Gasteiger partial charge in [0.05, 0.1) is 6.04 Å². The van der Waals surface area contributed by atoms with E-state index in [1.807, 2.05) is 0 Å². The Morgan fingerprint density at radius 2 is 2.00 bits per heavy atom. The van der Waals surface area contributed by atoms with Crippen LogP contribution in [0.4, 0.5) is 0 Å². The lowest BCUT2D eigenvalue weighted by atomic mass is 9.93. The van der Waals surface area contributed by atoms with E-state index in [1.165, 1.54) is 19.3 Å². The molecule has 2 aliphatic rings. The molecule has 1 saturated carbocycles. The first kappa shape index (κ1) is 10.8. The van der Waals surface area contributed by atoms with Gasteiger partial charge in [-0.1, -0.05) is 0 Å². The molecule has 76 valence electrons. The molecule has 13 heavy (non-hydrogen) atoms. The van der Waals surface area contributed by atoms with Gasteiger partial charge in [-0.2, -0.15) is 0 Å². The fourth-order valence-electron chi connectivity index (χ4n) is 1.76. The summed E-state index contributed by atoms with van der Waals surface area (Å²) in [5.74, 6) is 0.220. The van der Waals surface area contributed by atoms with Gasteiger partial charge >= 0.3 is 0 Å². The molecule has 1 amide bonds. The topological polar surface area (TPSA) is 41.1 Å². The molecule has 2 N–H and O–H groups in total. The maximum absolute atomic E-state index is 11.5. The van der Waals surface area contributed by atoms with E-state index < -0.39 is 0 Å². The zero-order valence-electron chi connectivity index (χ0n) is 7.71. The van der Waals surface area contributed by atoms with E-state index in [9.17, 15) is 4.79 Å². The second-order valence-electron chi connectivity index (χ2n) is 3.79. The summed E-state index contributed by atoms with van der Waals surface area (Å²) in [6.45, 7) is 1.00. The van der Waals surface area contributed by atoms with Crippen LogP contribution in [0, 0.1) is 0 Å². The second kappa shape index (κ2) is 4.82. The highest BCUT2D eigenvalue weighted by atomic mass is 35.5. The van der Waals surface area contributed by atoms with Crippen molar-refractivity contribution >= 4 is 18.3 Å². The summed E-state index contributed by atoms with van der Waals surface area (Å²) in [5, 5.41) is 6.25. The van der Waals surface area contributed by atoms with Gasteiger partial charge in [-0.15, -0.1) is 12.4 Å². The molecule has 0 aromatic heterocycles. The fraction of sp³-hybridized carbons (Fsp3) is 0.889. The van der Waals surface area contributed by atoms with E-state index >= 15 is 0 Å². The van der Waals surface area contributed by atoms with Gasteiger partial charge in [0.25, 0.3) is 0 Å². The predicted molar refractivity (Wildman–Crippen MR) is 54.1 cm³/mol. The van der Waals surface area contributed by atoms with Crippen LogP contribution in [0.1, 0.15) is 32.1 Å². The molecule has 1 aliphatic carbocycles. The summed E-state index contributed by atoms with van der Waals surface area (Å²) in [7, 11) is 0. The van der Waals surface area contributed by atoms with Crippen molar-refractivity contribution < 1.29 is 4.79 Å². The largest absolute Gasteiger partial charge is 0.352 e. The normalized spacial score (nSPS) is 27.5. The third-order valence-electron chi connectivity index (χ3n) is 2.83. The average molecular weight is 205 g/mol. The molecule has 1 heterocycles. The van der Waals surface area contributed by atoms with Gasteiger partial charge in [-0.05, 0) is 38.6 Å². The van der Waals surface area contributed by atoms with Crippen LogP contribution in [0.25, 0.3) is 0 Å². The molecule has 2 rings (SSSR count). The maximum Gasteiger partial charge on any atom is 0.237 e. The first-order chi connectivity index (χ1) is 5.86. The summed E-state index contributed by atoms with van der Waals surface area (Å²) >= 11 is 0. The van der Waals surface area contributed by atoms with Crippen LogP contribution in [0.5, 0.6) is 0 Å². The van der Waals surface area contributed by atoms with E-state index in [0.29, 0.717) is 6.04 Å². The lowest BCUT2D eigenvalue weighted by Crippen LogP contribution is -2.47. The van der Waals surface area contributed by atoms with E-state index in [4.69, 9.17) is 0 Å². The second-order valence-corrected chi connectivity index (χ2v) is 3.79. The number of rotatable bonds is 2. The molecule has 2 fully saturated rings. The molecule has 1 unspecified atom stereocenters. The number of amides is 1. The highest BCUT2D eigenvalue weighted by molar-refractivity contribution is 5.85. The standard InChI is InChI=1S/C9H16N2O.ClH/c12-9(8-5-2-6-10-8)11-7-3-1-4-7;/h7-8,10H,1-6H2,(H,11,12);1H. The zero-order valence-corrected chi connectivity index (χ0v) is 8.53. The molecular weight excluding hydrogens is 188 g/mol. The molecule has 0 aromatic rings. The Hall–Kier alpha value is -0.280. The van der Waals surface area contributed by atoms with Crippen molar-refractivity contribution in [3.63, 3.8) is 0 Å². The Labute approximate surface area is 85.1 Å². The number of hydrogen-bond acceptors (Lipinski definition) is 2.